The summed E-state index contributed by atoms with van der Waals surface area (Å²) in [6.45, 7) is 1.72. The van der Waals surface area contributed by atoms with Crippen molar-refractivity contribution in [2.45, 2.75) is 13.0 Å². The van der Waals surface area contributed by atoms with E-state index in [9.17, 15) is 4.79 Å². The number of fused-ring (bicyclic) bond motifs is 1. The topological polar surface area (TPSA) is 47.4 Å². The number of likely N-dealkylation sites (N-methyl/N-ethyl adjacent to an activating group) is 1. The average molecular weight is 326 g/mol. The second kappa shape index (κ2) is 5.21. The molecule has 0 bridgehead atoms. The van der Waals surface area contributed by atoms with Gasteiger partial charge in [-0.25, -0.2) is 0 Å². The first kappa shape index (κ1) is 13.9. The number of carbonyl (C=O) groups is 1. The predicted molar refractivity (Wildman–Crippen MR) is 77.2 cm³/mol. The Labute approximate surface area is 120 Å². The van der Waals surface area contributed by atoms with Gasteiger partial charge in [-0.15, -0.1) is 5.10 Å². The number of hydrogen-bond acceptors (Lipinski definition) is 3. The predicted octanol–water partition coefficient (Wildman–Crippen LogP) is 2.19. The first-order valence-electron chi connectivity index (χ1n) is 5.90. The van der Waals surface area contributed by atoms with Crippen LogP contribution in [0, 0.1) is 0 Å². The molecule has 1 unspecified atom stereocenters. The van der Waals surface area contributed by atoms with Crippen LogP contribution in [-0.2, 0) is 11.8 Å². The van der Waals surface area contributed by atoms with Crippen molar-refractivity contribution in [2.24, 2.45) is 7.05 Å². The molecule has 19 heavy (non-hydrogen) atoms. The van der Waals surface area contributed by atoms with Crippen LogP contribution in [0.3, 0.4) is 0 Å². The summed E-state index contributed by atoms with van der Waals surface area (Å²) in [6.07, 6.45) is -0.563. The number of amides is 1. The lowest BCUT2D eigenvalue weighted by molar-refractivity contribution is -0.135. The number of aryl methyl sites for hydroxylation is 1. The number of hydrogen-bond donors (Lipinski definition) is 0. The van der Waals surface area contributed by atoms with Gasteiger partial charge in [-0.05, 0) is 25.1 Å². The summed E-state index contributed by atoms with van der Waals surface area (Å²) in [7, 11) is 5.26. The number of aromatic nitrogens is 2. The molecule has 102 valence electrons. The molecule has 6 heteroatoms. The van der Waals surface area contributed by atoms with Crippen LogP contribution >= 0.6 is 15.9 Å². The van der Waals surface area contributed by atoms with E-state index in [2.05, 4.69) is 21.0 Å². The van der Waals surface area contributed by atoms with Crippen LogP contribution in [0.1, 0.15) is 6.92 Å². The highest BCUT2D eigenvalue weighted by molar-refractivity contribution is 9.10. The van der Waals surface area contributed by atoms with Gasteiger partial charge < -0.3 is 9.64 Å². The lowest BCUT2D eigenvalue weighted by atomic mass is 10.2. The maximum Gasteiger partial charge on any atom is 0.262 e. The van der Waals surface area contributed by atoms with E-state index in [0.29, 0.717) is 5.88 Å². The van der Waals surface area contributed by atoms with Gasteiger partial charge >= 0.3 is 0 Å². The second-order valence-corrected chi connectivity index (χ2v) is 5.50. The molecule has 2 aromatic rings. The monoisotopic (exact) mass is 325 g/mol. The molecule has 2 rings (SSSR count). The van der Waals surface area contributed by atoms with Gasteiger partial charge in [-0.3, -0.25) is 9.48 Å². The molecular weight excluding hydrogens is 310 g/mol. The Bertz CT molecular complexity index is 622. The van der Waals surface area contributed by atoms with E-state index in [0.717, 1.165) is 15.4 Å². The minimum atomic E-state index is -0.563. The Hall–Kier alpha value is -1.56. The van der Waals surface area contributed by atoms with E-state index in [-0.39, 0.29) is 5.91 Å². The van der Waals surface area contributed by atoms with Gasteiger partial charge in [0.2, 0.25) is 5.88 Å². The van der Waals surface area contributed by atoms with Crippen LogP contribution in [0.15, 0.2) is 22.7 Å². The quantitative estimate of drug-likeness (QED) is 0.869. The fourth-order valence-electron chi connectivity index (χ4n) is 1.87. The summed E-state index contributed by atoms with van der Waals surface area (Å²) in [6, 6.07) is 5.84. The fourth-order valence-corrected chi connectivity index (χ4v) is 2.24. The Balaban J connectivity index is 2.35. The molecule has 0 spiro atoms. The molecule has 1 aromatic carbocycles. The summed E-state index contributed by atoms with van der Waals surface area (Å²) in [5.74, 6) is 0.385. The third-order valence-electron chi connectivity index (χ3n) is 2.86. The Morgan fingerprint density at radius 1 is 1.47 bits per heavy atom. The SMILES string of the molecule is CC(Oc1nn(C)c2ccc(Br)cc12)C(=O)N(C)C. The highest BCUT2D eigenvalue weighted by Gasteiger charge is 2.20. The zero-order valence-corrected chi connectivity index (χ0v) is 12.9. The van der Waals surface area contributed by atoms with Gasteiger partial charge in [0.1, 0.15) is 0 Å². The number of halogens is 1. The number of ether oxygens (including phenoxy) is 1. The maximum atomic E-state index is 11.8. The lowest BCUT2D eigenvalue weighted by Crippen LogP contribution is -2.35. The van der Waals surface area contributed by atoms with Crippen LogP contribution in [0.2, 0.25) is 0 Å². The van der Waals surface area contributed by atoms with E-state index in [4.69, 9.17) is 4.74 Å². The van der Waals surface area contributed by atoms with E-state index < -0.39 is 6.10 Å². The standard InChI is InChI=1S/C13H16BrN3O2/c1-8(13(18)16(2)3)19-12-10-7-9(14)5-6-11(10)17(4)15-12/h5-8H,1-4H3. The van der Waals surface area contributed by atoms with E-state index in [1.807, 2.05) is 25.2 Å². The summed E-state index contributed by atoms with van der Waals surface area (Å²) in [4.78, 5) is 13.3. The van der Waals surface area contributed by atoms with Gasteiger partial charge in [0.05, 0.1) is 10.9 Å². The van der Waals surface area contributed by atoms with E-state index in [1.54, 1.807) is 25.7 Å². The molecule has 1 atom stereocenters. The minimum Gasteiger partial charge on any atom is -0.463 e. The van der Waals surface area contributed by atoms with Crippen molar-refractivity contribution in [3.63, 3.8) is 0 Å². The number of carbonyl (C=O) groups excluding carboxylic acids is 1. The molecule has 0 aliphatic rings. The number of nitrogens with zero attached hydrogens (tertiary/aromatic N) is 3. The van der Waals surface area contributed by atoms with Gasteiger partial charge in [0, 0.05) is 25.6 Å². The van der Waals surface area contributed by atoms with Gasteiger partial charge in [-0.2, -0.15) is 0 Å². The van der Waals surface area contributed by atoms with Gasteiger partial charge in [0.25, 0.3) is 5.91 Å². The van der Waals surface area contributed by atoms with E-state index >= 15 is 0 Å². The molecule has 0 aliphatic carbocycles. The van der Waals surface area contributed by atoms with Gasteiger partial charge in [0.15, 0.2) is 6.10 Å². The van der Waals surface area contributed by atoms with E-state index in [1.165, 1.54) is 4.90 Å². The molecule has 0 saturated carbocycles. The second-order valence-electron chi connectivity index (χ2n) is 4.58. The zero-order chi connectivity index (χ0) is 14.2. The van der Waals surface area contributed by atoms with Crippen molar-refractivity contribution < 1.29 is 9.53 Å². The molecule has 1 aromatic heterocycles. The molecule has 0 fully saturated rings. The summed E-state index contributed by atoms with van der Waals surface area (Å²) >= 11 is 3.43. The largest absolute Gasteiger partial charge is 0.463 e. The summed E-state index contributed by atoms with van der Waals surface area (Å²) < 4.78 is 8.37. The third kappa shape index (κ3) is 2.73. The van der Waals surface area contributed by atoms with Crippen molar-refractivity contribution in [2.75, 3.05) is 14.1 Å². The summed E-state index contributed by atoms with van der Waals surface area (Å²) in [5.41, 5.74) is 0.961. The van der Waals surface area contributed by atoms with Gasteiger partial charge in [-0.1, -0.05) is 15.9 Å². The van der Waals surface area contributed by atoms with Crippen molar-refractivity contribution in [1.29, 1.82) is 0 Å². The fraction of sp³-hybridized carbons (Fsp3) is 0.385. The molecule has 0 saturated heterocycles. The molecule has 0 N–H and O–H groups in total. The Kier molecular flexibility index (Phi) is 3.80. The highest BCUT2D eigenvalue weighted by atomic mass is 79.9. The van der Waals surface area contributed by atoms with Crippen LogP contribution in [0.5, 0.6) is 5.88 Å². The molecule has 1 heterocycles. The molecule has 0 radical (unpaired) electrons. The zero-order valence-electron chi connectivity index (χ0n) is 11.3. The first-order valence-corrected chi connectivity index (χ1v) is 6.69. The minimum absolute atomic E-state index is 0.0891. The van der Waals surface area contributed by atoms with Crippen LogP contribution in [0.4, 0.5) is 0 Å². The number of benzene rings is 1. The lowest BCUT2D eigenvalue weighted by Gasteiger charge is -2.17. The molecule has 0 aliphatic heterocycles. The maximum absolute atomic E-state index is 11.8. The normalized spacial score (nSPS) is 12.5. The molecule has 1 amide bonds. The molecular formula is C13H16BrN3O2. The Morgan fingerprint density at radius 2 is 2.16 bits per heavy atom. The van der Waals surface area contributed by atoms with Crippen molar-refractivity contribution >= 4 is 32.7 Å². The Morgan fingerprint density at radius 3 is 2.79 bits per heavy atom. The number of rotatable bonds is 3. The summed E-state index contributed by atoms with van der Waals surface area (Å²) in [5, 5.41) is 5.20. The average Bonchev–Trinajstić information content (AvgIpc) is 2.64. The van der Waals surface area contributed by atoms with Crippen LogP contribution in [-0.4, -0.2) is 40.8 Å². The third-order valence-corrected chi connectivity index (χ3v) is 3.35. The molecule has 5 nitrogen and oxygen atoms in total. The smallest absolute Gasteiger partial charge is 0.262 e. The first-order chi connectivity index (χ1) is 8.90. The highest BCUT2D eigenvalue weighted by Crippen LogP contribution is 2.28. The van der Waals surface area contributed by atoms with Crippen LogP contribution in [0.25, 0.3) is 10.9 Å². The van der Waals surface area contributed by atoms with Crippen molar-refractivity contribution in [3.05, 3.63) is 22.7 Å². The van der Waals surface area contributed by atoms with Crippen molar-refractivity contribution in [1.82, 2.24) is 14.7 Å². The van der Waals surface area contributed by atoms with Crippen LogP contribution < -0.4 is 4.74 Å². The van der Waals surface area contributed by atoms with Crippen molar-refractivity contribution in [3.8, 4) is 5.88 Å².